The molecular weight excluding hydrogens is 232 g/mol. The molecule has 0 fully saturated rings. The predicted molar refractivity (Wildman–Crippen MR) is 71.3 cm³/mol. The summed E-state index contributed by atoms with van der Waals surface area (Å²) in [6, 6.07) is -0.673. The van der Waals surface area contributed by atoms with Gasteiger partial charge in [0.05, 0.1) is 6.54 Å². The van der Waals surface area contributed by atoms with Crippen molar-refractivity contribution in [2.24, 2.45) is 0 Å². The summed E-state index contributed by atoms with van der Waals surface area (Å²) >= 11 is 0. The summed E-state index contributed by atoms with van der Waals surface area (Å²) in [6.07, 6.45) is 4.51. The molecule has 0 radical (unpaired) electrons. The maximum Gasteiger partial charge on any atom is 0.320 e. The molecule has 2 N–H and O–H groups in total. The standard InChI is InChI=1S/C13H22N2O3/c1-4-7-11(13(17)18)14-10-12(16)15(8-5-2)9-6-3/h5-6,11,14H,2-4,7-10H2,1H3,(H,17,18). The van der Waals surface area contributed by atoms with E-state index < -0.39 is 12.0 Å². The number of nitrogens with one attached hydrogen (secondary N) is 1. The van der Waals surface area contributed by atoms with Gasteiger partial charge in [-0.25, -0.2) is 0 Å². The van der Waals surface area contributed by atoms with E-state index in [-0.39, 0.29) is 12.5 Å². The number of nitrogens with zero attached hydrogens (tertiary/aromatic N) is 1. The Morgan fingerprint density at radius 1 is 1.33 bits per heavy atom. The molecule has 0 heterocycles. The Labute approximate surface area is 108 Å². The molecule has 0 bridgehead atoms. The summed E-state index contributed by atoms with van der Waals surface area (Å²) in [6.45, 7) is 9.92. The van der Waals surface area contributed by atoms with Crippen molar-refractivity contribution in [2.45, 2.75) is 25.8 Å². The van der Waals surface area contributed by atoms with Crippen molar-refractivity contribution in [1.29, 1.82) is 0 Å². The molecule has 0 aromatic carbocycles. The zero-order valence-electron chi connectivity index (χ0n) is 10.9. The first-order valence-electron chi connectivity index (χ1n) is 6.02. The van der Waals surface area contributed by atoms with Crippen molar-refractivity contribution in [3.8, 4) is 0 Å². The third-order valence-corrected chi connectivity index (χ3v) is 2.43. The Balaban J connectivity index is 4.30. The lowest BCUT2D eigenvalue weighted by Gasteiger charge is -2.21. The molecule has 0 aromatic heterocycles. The van der Waals surface area contributed by atoms with Gasteiger partial charge in [0.2, 0.25) is 5.91 Å². The Bertz CT molecular complexity index is 293. The zero-order chi connectivity index (χ0) is 14.0. The van der Waals surface area contributed by atoms with Gasteiger partial charge in [-0.05, 0) is 6.42 Å². The maximum absolute atomic E-state index is 11.8. The normalized spacial score (nSPS) is 11.6. The van der Waals surface area contributed by atoms with Crippen molar-refractivity contribution in [2.75, 3.05) is 19.6 Å². The van der Waals surface area contributed by atoms with Crippen LogP contribution >= 0.6 is 0 Å². The molecule has 1 atom stereocenters. The smallest absolute Gasteiger partial charge is 0.320 e. The van der Waals surface area contributed by atoms with E-state index in [4.69, 9.17) is 5.11 Å². The van der Waals surface area contributed by atoms with Gasteiger partial charge in [0.1, 0.15) is 6.04 Å². The van der Waals surface area contributed by atoms with E-state index in [0.717, 1.165) is 6.42 Å². The molecule has 1 amide bonds. The average Bonchev–Trinajstić information content (AvgIpc) is 2.33. The number of rotatable bonds is 10. The molecule has 5 nitrogen and oxygen atoms in total. The first-order valence-corrected chi connectivity index (χ1v) is 6.02. The van der Waals surface area contributed by atoms with Crippen LogP contribution in [0.15, 0.2) is 25.3 Å². The second kappa shape index (κ2) is 9.41. The molecule has 0 aliphatic heterocycles. The number of hydrogen-bond donors (Lipinski definition) is 2. The fourth-order valence-electron chi connectivity index (χ4n) is 1.51. The van der Waals surface area contributed by atoms with Crippen LogP contribution < -0.4 is 5.32 Å². The third-order valence-electron chi connectivity index (χ3n) is 2.43. The summed E-state index contributed by atoms with van der Waals surface area (Å²) in [7, 11) is 0. The molecule has 0 aliphatic carbocycles. The number of aliphatic carboxylic acids is 1. The van der Waals surface area contributed by atoms with E-state index in [1.165, 1.54) is 0 Å². The number of carbonyl (C=O) groups is 2. The van der Waals surface area contributed by atoms with Crippen molar-refractivity contribution in [3.63, 3.8) is 0 Å². The van der Waals surface area contributed by atoms with Crippen LogP contribution in [-0.4, -0.2) is 47.6 Å². The van der Waals surface area contributed by atoms with E-state index in [2.05, 4.69) is 18.5 Å². The molecule has 0 saturated carbocycles. The van der Waals surface area contributed by atoms with Crippen LogP contribution in [-0.2, 0) is 9.59 Å². The minimum atomic E-state index is -0.927. The van der Waals surface area contributed by atoms with Gasteiger partial charge in [-0.1, -0.05) is 25.5 Å². The predicted octanol–water partition coefficient (Wildman–Crippen LogP) is 1.03. The lowest BCUT2D eigenvalue weighted by Crippen LogP contribution is -2.44. The van der Waals surface area contributed by atoms with Crippen molar-refractivity contribution < 1.29 is 14.7 Å². The first-order chi connectivity index (χ1) is 8.56. The van der Waals surface area contributed by atoms with E-state index in [1.807, 2.05) is 6.92 Å². The fraction of sp³-hybridized carbons (Fsp3) is 0.538. The van der Waals surface area contributed by atoms with Crippen LogP contribution in [0.4, 0.5) is 0 Å². The van der Waals surface area contributed by atoms with E-state index in [1.54, 1.807) is 17.1 Å². The van der Waals surface area contributed by atoms with E-state index in [0.29, 0.717) is 19.5 Å². The van der Waals surface area contributed by atoms with Crippen LogP contribution in [0.1, 0.15) is 19.8 Å². The molecule has 5 heteroatoms. The molecule has 0 saturated heterocycles. The van der Waals surface area contributed by atoms with Gasteiger partial charge in [0.15, 0.2) is 0 Å². The summed E-state index contributed by atoms with van der Waals surface area (Å²) in [5, 5.41) is 11.7. The Morgan fingerprint density at radius 2 is 1.89 bits per heavy atom. The number of amides is 1. The third kappa shape index (κ3) is 6.20. The van der Waals surface area contributed by atoms with Gasteiger partial charge in [-0.3, -0.25) is 14.9 Å². The molecular formula is C13H22N2O3. The molecule has 0 rings (SSSR count). The molecule has 0 spiro atoms. The topological polar surface area (TPSA) is 69.6 Å². The zero-order valence-corrected chi connectivity index (χ0v) is 10.9. The molecule has 0 aliphatic rings. The lowest BCUT2D eigenvalue weighted by molar-refractivity contribution is -0.140. The number of carbonyl (C=O) groups excluding carboxylic acids is 1. The minimum Gasteiger partial charge on any atom is -0.480 e. The Kier molecular flexibility index (Phi) is 8.57. The highest BCUT2D eigenvalue weighted by atomic mass is 16.4. The maximum atomic E-state index is 11.8. The fourth-order valence-corrected chi connectivity index (χ4v) is 1.51. The van der Waals surface area contributed by atoms with Crippen LogP contribution in [0.25, 0.3) is 0 Å². The summed E-state index contributed by atoms with van der Waals surface area (Å²) in [5.41, 5.74) is 0. The molecule has 102 valence electrons. The summed E-state index contributed by atoms with van der Waals surface area (Å²) in [4.78, 5) is 24.3. The van der Waals surface area contributed by atoms with Crippen molar-refractivity contribution in [1.82, 2.24) is 10.2 Å². The second-order valence-electron chi connectivity index (χ2n) is 3.94. The Hall–Kier alpha value is -1.62. The second-order valence-corrected chi connectivity index (χ2v) is 3.94. The van der Waals surface area contributed by atoms with E-state index in [9.17, 15) is 9.59 Å². The van der Waals surface area contributed by atoms with Gasteiger partial charge in [-0.15, -0.1) is 13.2 Å². The van der Waals surface area contributed by atoms with Gasteiger partial charge in [0, 0.05) is 13.1 Å². The molecule has 18 heavy (non-hydrogen) atoms. The van der Waals surface area contributed by atoms with Crippen LogP contribution in [0.2, 0.25) is 0 Å². The number of carboxylic acids is 1. The summed E-state index contributed by atoms with van der Waals surface area (Å²) < 4.78 is 0. The largest absolute Gasteiger partial charge is 0.480 e. The number of hydrogen-bond acceptors (Lipinski definition) is 3. The van der Waals surface area contributed by atoms with Gasteiger partial charge in [-0.2, -0.15) is 0 Å². The first kappa shape index (κ1) is 16.4. The van der Waals surface area contributed by atoms with Crippen molar-refractivity contribution >= 4 is 11.9 Å². The highest BCUT2D eigenvalue weighted by Gasteiger charge is 2.18. The highest BCUT2D eigenvalue weighted by Crippen LogP contribution is 1.97. The molecule has 1 unspecified atom stereocenters. The SMILES string of the molecule is C=CCN(CC=C)C(=O)CNC(CCC)C(=O)O. The molecule has 0 aromatic rings. The van der Waals surface area contributed by atoms with Crippen molar-refractivity contribution in [3.05, 3.63) is 25.3 Å². The van der Waals surface area contributed by atoms with Gasteiger partial charge in [0.25, 0.3) is 0 Å². The van der Waals surface area contributed by atoms with Crippen LogP contribution in [0.3, 0.4) is 0 Å². The monoisotopic (exact) mass is 254 g/mol. The van der Waals surface area contributed by atoms with E-state index >= 15 is 0 Å². The van der Waals surface area contributed by atoms with Crippen LogP contribution in [0, 0.1) is 0 Å². The minimum absolute atomic E-state index is 0.0125. The quantitative estimate of drug-likeness (QED) is 0.571. The van der Waals surface area contributed by atoms with Gasteiger partial charge >= 0.3 is 5.97 Å². The highest BCUT2D eigenvalue weighted by molar-refractivity contribution is 5.80. The Morgan fingerprint density at radius 3 is 2.28 bits per heavy atom. The number of carboxylic acid groups (broad SMARTS) is 1. The lowest BCUT2D eigenvalue weighted by atomic mass is 10.1. The average molecular weight is 254 g/mol. The van der Waals surface area contributed by atoms with Crippen LogP contribution in [0.5, 0.6) is 0 Å². The van der Waals surface area contributed by atoms with Gasteiger partial charge < -0.3 is 10.0 Å². The summed E-state index contributed by atoms with van der Waals surface area (Å²) in [5.74, 6) is -1.08.